The van der Waals surface area contributed by atoms with E-state index in [2.05, 4.69) is 20.3 Å². The monoisotopic (exact) mass is 396 g/mol. The van der Waals surface area contributed by atoms with Gasteiger partial charge in [0.25, 0.3) is 0 Å². The van der Waals surface area contributed by atoms with E-state index in [9.17, 15) is 8.78 Å². The molecule has 0 aliphatic heterocycles. The Balaban J connectivity index is 1.62. The van der Waals surface area contributed by atoms with Gasteiger partial charge in [-0.05, 0) is 37.1 Å². The third kappa shape index (κ3) is 3.37. The molecule has 134 valence electrons. The number of anilines is 2. The van der Waals surface area contributed by atoms with Crippen LogP contribution in [0.25, 0.3) is 11.0 Å². The van der Waals surface area contributed by atoms with Gasteiger partial charge in [0.2, 0.25) is 0 Å². The molecule has 0 radical (unpaired) electrons. The van der Waals surface area contributed by atoms with E-state index in [1.807, 2.05) is 0 Å². The van der Waals surface area contributed by atoms with Crippen molar-refractivity contribution in [3.8, 4) is 5.75 Å². The lowest BCUT2D eigenvalue weighted by atomic mass is 10.2. The molecule has 1 saturated carbocycles. The molecular weight excluding hydrogens is 385 g/mol. The van der Waals surface area contributed by atoms with E-state index >= 15 is 0 Å². The molecule has 0 atom stereocenters. The maximum atomic E-state index is 14.6. The summed E-state index contributed by atoms with van der Waals surface area (Å²) in [5.74, 6) is -0.365. The zero-order valence-electron chi connectivity index (χ0n) is 13.3. The van der Waals surface area contributed by atoms with Crippen LogP contribution in [0, 0.1) is 5.82 Å². The van der Waals surface area contributed by atoms with Gasteiger partial charge in [-0.3, -0.25) is 0 Å². The number of halogens is 4. The summed E-state index contributed by atoms with van der Waals surface area (Å²) in [4.78, 5) is 12.3. The predicted molar refractivity (Wildman–Crippen MR) is 95.6 cm³/mol. The highest BCUT2D eigenvalue weighted by molar-refractivity contribution is 6.32. The van der Waals surface area contributed by atoms with Crippen molar-refractivity contribution in [2.24, 2.45) is 0 Å². The van der Waals surface area contributed by atoms with Crippen LogP contribution in [0.15, 0.2) is 30.6 Å². The number of nitrogens with one attached hydrogen (secondary N) is 1. The molecule has 1 N–H and O–H groups in total. The van der Waals surface area contributed by atoms with Gasteiger partial charge in [0.15, 0.2) is 11.6 Å². The second kappa shape index (κ2) is 6.48. The summed E-state index contributed by atoms with van der Waals surface area (Å²) in [5.41, 5.74) is -0.299. The number of fused-ring (bicyclic) bond motifs is 1. The Kier molecular flexibility index (Phi) is 4.28. The van der Waals surface area contributed by atoms with Crippen LogP contribution in [0.5, 0.6) is 5.75 Å². The van der Waals surface area contributed by atoms with Crippen molar-refractivity contribution in [3.63, 3.8) is 0 Å². The molecule has 3 aromatic rings. The van der Waals surface area contributed by atoms with Gasteiger partial charge in [-0.1, -0.05) is 23.2 Å². The molecule has 1 fully saturated rings. The standard InChI is InChI=1S/C17H12Cl2F2N4O/c18-12-4-2-10-15(25-12)16(23-8-22-10)24-9-1-3-11(13(19)14(9)20)26-7-17(21)5-6-17/h1-4,8H,5-7H2,(H,22,23,24). The Labute approximate surface area is 157 Å². The molecule has 2 aromatic heterocycles. The molecule has 5 nitrogen and oxygen atoms in total. The Morgan fingerprint density at radius 1 is 1.15 bits per heavy atom. The molecule has 1 aliphatic rings. The van der Waals surface area contributed by atoms with Crippen molar-refractivity contribution in [3.05, 3.63) is 46.6 Å². The first-order valence-corrected chi connectivity index (χ1v) is 8.55. The molecule has 0 bridgehead atoms. The number of hydrogen-bond acceptors (Lipinski definition) is 5. The minimum Gasteiger partial charge on any atom is -0.489 e. The number of aromatic nitrogens is 3. The largest absolute Gasteiger partial charge is 0.489 e. The molecule has 2 heterocycles. The van der Waals surface area contributed by atoms with Gasteiger partial charge in [-0.2, -0.15) is 0 Å². The maximum absolute atomic E-state index is 14.6. The Bertz CT molecular complexity index is 998. The molecule has 1 aromatic carbocycles. The molecule has 26 heavy (non-hydrogen) atoms. The van der Waals surface area contributed by atoms with Gasteiger partial charge >= 0.3 is 0 Å². The van der Waals surface area contributed by atoms with Crippen LogP contribution in [0.4, 0.5) is 20.3 Å². The lowest BCUT2D eigenvalue weighted by Crippen LogP contribution is -2.13. The van der Waals surface area contributed by atoms with Crippen molar-refractivity contribution in [2.45, 2.75) is 18.5 Å². The van der Waals surface area contributed by atoms with E-state index < -0.39 is 11.5 Å². The second-order valence-corrected chi connectivity index (χ2v) is 6.79. The number of alkyl halides is 1. The van der Waals surface area contributed by atoms with Crippen LogP contribution in [0.2, 0.25) is 10.2 Å². The summed E-state index contributed by atoms with van der Waals surface area (Å²) in [6.45, 7) is -0.141. The lowest BCUT2D eigenvalue weighted by molar-refractivity contribution is 0.177. The second-order valence-electron chi connectivity index (χ2n) is 6.03. The third-order valence-corrected chi connectivity index (χ3v) is 4.59. The minimum atomic E-state index is -1.32. The van der Waals surface area contributed by atoms with Gasteiger partial charge in [0.1, 0.15) is 40.0 Å². The Morgan fingerprint density at radius 2 is 1.96 bits per heavy atom. The number of rotatable bonds is 5. The van der Waals surface area contributed by atoms with E-state index in [4.69, 9.17) is 27.9 Å². The Hall–Kier alpha value is -2.25. The van der Waals surface area contributed by atoms with Crippen molar-refractivity contribution >= 4 is 45.7 Å². The smallest absolute Gasteiger partial charge is 0.169 e. The topological polar surface area (TPSA) is 59.9 Å². The number of benzene rings is 1. The van der Waals surface area contributed by atoms with Crippen LogP contribution in [-0.4, -0.2) is 27.2 Å². The maximum Gasteiger partial charge on any atom is 0.169 e. The van der Waals surface area contributed by atoms with E-state index in [0.29, 0.717) is 23.9 Å². The first-order valence-electron chi connectivity index (χ1n) is 7.79. The molecule has 0 spiro atoms. The summed E-state index contributed by atoms with van der Waals surface area (Å²) in [6, 6.07) is 6.19. The van der Waals surface area contributed by atoms with Crippen LogP contribution < -0.4 is 10.1 Å². The van der Waals surface area contributed by atoms with E-state index in [-0.39, 0.29) is 34.0 Å². The summed E-state index contributed by atoms with van der Waals surface area (Å²) < 4.78 is 33.6. The number of ether oxygens (including phenoxy) is 1. The van der Waals surface area contributed by atoms with Crippen LogP contribution in [-0.2, 0) is 0 Å². The fourth-order valence-corrected chi connectivity index (χ4v) is 2.73. The van der Waals surface area contributed by atoms with Crippen LogP contribution in [0.1, 0.15) is 12.8 Å². The highest BCUT2D eigenvalue weighted by Crippen LogP contribution is 2.41. The highest BCUT2D eigenvalue weighted by Gasteiger charge is 2.44. The van der Waals surface area contributed by atoms with Gasteiger partial charge < -0.3 is 10.1 Å². The van der Waals surface area contributed by atoms with E-state index in [1.54, 1.807) is 12.1 Å². The van der Waals surface area contributed by atoms with Crippen molar-refractivity contribution < 1.29 is 13.5 Å². The van der Waals surface area contributed by atoms with Crippen molar-refractivity contribution in [1.82, 2.24) is 15.0 Å². The minimum absolute atomic E-state index is 0.0745. The molecule has 0 amide bonds. The summed E-state index contributed by atoms with van der Waals surface area (Å²) in [5, 5.41) is 2.86. The molecule has 4 rings (SSSR count). The quantitative estimate of drug-likeness (QED) is 0.608. The lowest BCUT2D eigenvalue weighted by Gasteiger charge is -2.14. The zero-order valence-corrected chi connectivity index (χ0v) is 14.8. The van der Waals surface area contributed by atoms with E-state index in [0.717, 1.165) is 0 Å². The van der Waals surface area contributed by atoms with Gasteiger partial charge in [-0.25, -0.2) is 23.7 Å². The van der Waals surface area contributed by atoms with E-state index in [1.165, 1.54) is 18.5 Å². The number of hydrogen-bond donors (Lipinski definition) is 1. The molecule has 9 heteroatoms. The third-order valence-electron chi connectivity index (χ3n) is 4.03. The van der Waals surface area contributed by atoms with Gasteiger partial charge in [-0.15, -0.1) is 0 Å². The van der Waals surface area contributed by atoms with Gasteiger partial charge in [0, 0.05) is 0 Å². The Morgan fingerprint density at radius 3 is 2.73 bits per heavy atom. The zero-order chi connectivity index (χ0) is 18.3. The molecular formula is C17H12Cl2F2N4O. The van der Waals surface area contributed by atoms with Gasteiger partial charge in [0.05, 0.1) is 11.2 Å². The number of pyridine rings is 1. The van der Waals surface area contributed by atoms with Crippen LogP contribution >= 0.6 is 23.2 Å². The normalized spacial score (nSPS) is 15.1. The van der Waals surface area contributed by atoms with Crippen molar-refractivity contribution in [1.29, 1.82) is 0 Å². The summed E-state index contributed by atoms with van der Waals surface area (Å²) in [7, 11) is 0. The average Bonchev–Trinajstić information content (AvgIpc) is 3.36. The molecule has 0 saturated heterocycles. The average molecular weight is 397 g/mol. The predicted octanol–water partition coefficient (Wildman–Crippen LogP) is 5.10. The first-order chi connectivity index (χ1) is 12.5. The van der Waals surface area contributed by atoms with Crippen molar-refractivity contribution in [2.75, 3.05) is 11.9 Å². The molecule has 0 unspecified atom stereocenters. The highest BCUT2D eigenvalue weighted by atomic mass is 35.5. The SMILES string of the molecule is Fc1c(Nc2ncnc3ccc(Cl)nc23)ccc(OCC2(F)CC2)c1Cl. The first kappa shape index (κ1) is 17.2. The fourth-order valence-electron chi connectivity index (χ4n) is 2.36. The number of nitrogens with zero attached hydrogens (tertiary/aromatic N) is 3. The van der Waals surface area contributed by atoms with Crippen LogP contribution in [0.3, 0.4) is 0 Å². The summed E-state index contributed by atoms with van der Waals surface area (Å²) >= 11 is 11.9. The fraction of sp³-hybridized carbons (Fsp3) is 0.235. The molecule has 1 aliphatic carbocycles. The summed E-state index contributed by atoms with van der Waals surface area (Å²) in [6.07, 6.45) is 2.22.